The lowest BCUT2D eigenvalue weighted by atomic mass is 9.75. The van der Waals surface area contributed by atoms with Gasteiger partial charge in [-0.2, -0.15) is 0 Å². The minimum atomic E-state index is -0.0322. The van der Waals surface area contributed by atoms with E-state index in [9.17, 15) is 4.79 Å². The zero-order valence-corrected chi connectivity index (χ0v) is 12.1. The van der Waals surface area contributed by atoms with E-state index in [4.69, 9.17) is 0 Å². The maximum atomic E-state index is 10.9. The van der Waals surface area contributed by atoms with E-state index in [2.05, 4.69) is 24.5 Å². The first-order valence-electron chi connectivity index (χ1n) is 7.09. The average molecular weight is 260 g/mol. The molecule has 3 nitrogen and oxygen atoms in total. The predicted octanol–water partition coefficient (Wildman–Crippen LogP) is 4.03. The standard InChI is InChI=1S/C16H24N2O/c1-12(19)17-13-4-6-14(7-5-13)18-15-8-10-16(2,3)11-9-15/h4-7,15,18H,8-11H2,1-3H3,(H,17,19). The third kappa shape index (κ3) is 4.27. The van der Waals surface area contributed by atoms with Gasteiger partial charge in [0.2, 0.25) is 5.91 Å². The van der Waals surface area contributed by atoms with Gasteiger partial charge in [0.05, 0.1) is 0 Å². The van der Waals surface area contributed by atoms with Gasteiger partial charge in [0.1, 0.15) is 0 Å². The van der Waals surface area contributed by atoms with E-state index in [-0.39, 0.29) is 5.91 Å². The molecule has 0 radical (unpaired) electrons. The number of carbonyl (C=O) groups excluding carboxylic acids is 1. The lowest BCUT2D eigenvalue weighted by Gasteiger charge is -2.35. The molecule has 3 heteroatoms. The number of benzene rings is 1. The van der Waals surface area contributed by atoms with Gasteiger partial charge in [-0.05, 0) is 55.4 Å². The summed E-state index contributed by atoms with van der Waals surface area (Å²) in [5.74, 6) is -0.0322. The topological polar surface area (TPSA) is 41.1 Å². The van der Waals surface area contributed by atoms with Crippen molar-refractivity contribution in [3.05, 3.63) is 24.3 Å². The number of carbonyl (C=O) groups is 1. The van der Waals surface area contributed by atoms with Crippen LogP contribution in [0.25, 0.3) is 0 Å². The number of nitrogens with one attached hydrogen (secondary N) is 2. The first-order chi connectivity index (χ1) is 8.94. The van der Waals surface area contributed by atoms with Crippen LogP contribution in [0.4, 0.5) is 11.4 Å². The van der Waals surface area contributed by atoms with Gasteiger partial charge >= 0.3 is 0 Å². The first-order valence-corrected chi connectivity index (χ1v) is 7.09. The first kappa shape index (κ1) is 13.9. The van der Waals surface area contributed by atoms with Gasteiger partial charge in [0.15, 0.2) is 0 Å². The van der Waals surface area contributed by atoms with Gasteiger partial charge in [-0.25, -0.2) is 0 Å². The SMILES string of the molecule is CC(=O)Nc1ccc(NC2CCC(C)(C)CC2)cc1. The van der Waals surface area contributed by atoms with Gasteiger partial charge in [0, 0.05) is 24.3 Å². The number of hydrogen-bond donors (Lipinski definition) is 2. The second kappa shape index (κ2) is 5.64. The fourth-order valence-corrected chi connectivity index (χ4v) is 2.63. The summed E-state index contributed by atoms with van der Waals surface area (Å²) < 4.78 is 0. The summed E-state index contributed by atoms with van der Waals surface area (Å²) in [6.45, 7) is 6.23. The molecule has 0 saturated heterocycles. The predicted molar refractivity (Wildman–Crippen MR) is 80.4 cm³/mol. The second-order valence-corrected chi connectivity index (χ2v) is 6.34. The Bertz CT molecular complexity index is 427. The molecule has 0 aliphatic heterocycles. The molecule has 0 unspecified atom stereocenters. The smallest absolute Gasteiger partial charge is 0.221 e. The van der Waals surface area contributed by atoms with Crippen molar-refractivity contribution in [1.29, 1.82) is 0 Å². The molecule has 0 atom stereocenters. The lowest BCUT2D eigenvalue weighted by Crippen LogP contribution is -2.29. The van der Waals surface area contributed by atoms with Crippen molar-refractivity contribution in [1.82, 2.24) is 0 Å². The molecule has 1 saturated carbocycles. The van der Waals surface area contributed by atoms with E-state index in [0.29, 0.717) is 11.5 Å². The highest BCUT2D eigenvalue weighted by atomic mass is 16.1. The monoisotopic (exact) mass is 260 g/mol. The largest absolute Gasteiger partial charge is 0.382 e. The maximum Gasteiger partial charge on any atom is 0.221 e. The Morgan fingerprint density at radius 1 is 1.11 bits per heavy atom. The van der Waals surface area contributed by atoms with Crippen LogP contribution in [0.3, 0.4) is 0 Å². The van der Waals surface area contributed by atoms with E-state index < -0.39 is 0 Å². The van der Waals surface area contributed by atoms with E-state index in [1.165, 1.54) is 32.6 Å². The van der Waals surface area contributed by atoms with Crippen LogP contribution in [0.2, 0.25) is 0 Å². The van der Waals surface area contributed by atoms with Crippen LogP contribution in [0, 0.1) is 5.41 Å². The van der Waals surface area contributed by atoms with Crippen molar-refractivity contribution in [2.45, 2.75) is 52.5 Å². The summed E-state index contributed by atoms with van der Waals surface area (Å²) >= 11 is 0. The van der Waals surface area contributed by atoms with Gasteiger partial charge in [0.25, 0.3) is 0 Å². The number of hydrogen-bond acceptors (Lipinski definition) is 2. The van der Waals surface area contributed by atoms with Crippen molar-refractivity contribution in [3.8, 4) is 0 Å². The van der Waals surface area contributed by atoms with Crippen LogP contribution < -0.4 is 10.6 Å². The third-order valence-corrected chi connectivity index (χ3v) is 3.92. The van der Waals surface area contributed by atoms with Crippen LogP contribution in [0.5, 0.6) is 0 Å². The highest BCUT2D eigenvalue weighted by Crippen LogP contribution is 2.36. The van der Waals surface area contributed by atoms with Crippen LogP contribution in [-0.4, -0.2) is 11.9 Å². The third-order valence-electron chi connectivity index (χ3n) is 3.92. The Morgan fingerprint density at radius 2 is 1.63 bits per heavy atom. The highest BCUT2D eigenvalue weighted by molar-refractivity contribution is 5.88. The summed E-state index contributed by atoms with van der Waals surface area (Å²) in [6.07, 6.45) is 5.05. The minimum Gasteiger partial charge on any atom is -0.382 e. The van der Waals surface area contributed by atoms with Gasteiger partial charge in [-0.1, -0.05) is 13.8 Å². The van der Waals surface area contributed by atoms with Crippen molar-refractivity contribution >= 4 is 17.3 Å². The zero-order valence-electron chi connectivity index (χ0n) is 12.1. The van der Waals surface area contributed by atoms with Crippen LogP contribution in [0.15, 0.2) is 24.3 Å². The number of amides is 1. The molecule has 1 fully saturated rings. The number of rotatable bonds is 3. The fourth-order valence-electron chi connectivity index (χ4n) is 2.63. The molecule has 2 rings (SSSR count). The van der Waals surface area contributed by atoms with Crippen molar-refractivity contribution in [3.63, 3.8) is 0 Å². The molecule has 104 valence electrons. The Hall–Kier alpha value is -1.51. The zero-order chi connectivity index (χ0) is 13.9. The summed E-state index contributed by atoms with van der Waals surface area (Å²) in [5, 5.41) is 6.37. The summed E-state index contributed by atoms with van der Waals surface area (Å²) in [5.41, 5.74) is 2.50. The maximum absolute atomic E-state index is 10.9. The summed E-state index contributed by atoms with van der Waals surface area (Å²) in [6, 6.07) is 8.53. The Kier molecular flexibility index (Phi) is 4.13. The van der Waals surface area contributed by atoms with Crippen LogP contribution in [-0.2, 0) is 4.79 Å². The van der Waals surface area contributed by atoms with Crippen molar-refractivity contribution < 1.29 is 4.79 Å². The highest BCUT2D eigenvalue weighted by Gasteiger charge is 2.26. The van der Waals surface area contributed by atoms with E-state index >= 15 is 0 Å². The average Bonchev–Trinajstić information content (AvgIpc) is 2.34. The van der Waals surface area contributed by atoms with E-state index in [0.717, 1.165) is 11.4 Å². The molecule has 0 aromatic heterocycles. The molecule has 19 heavy (non-hydrogen) atoms. The van der Waals surface area contributed by atoms with Gasteiger partial charge < -0.3 is 10.6 Å². The molecule has 1 aromatic carbocycles. The fraction of sp³-hybridized carbons (Fsp3) is 0.562. The molecule has 1 aliphatic carbocycles. The van der Waals surface area contributed by atoms with Crippen molar-refractivity contribution in [2.75, 3.05) is 10.6 Å². The second-order valence-electron chi connectivity index (χ2n) is 6.34. The lowest BCUT2D eigenvalue weighted by molar-refractivity contribution is -0.114. The molecule has 0 bridgehead atoms. The van der Waals surface area contributed by atoms with Gasteiger partial charge in [-0.3, -0.25) is 4.79 Å². The molecular formula is C16H24N2O. The normalized spacial score (nSPS) is 18.9. The molecule has 0 spiro atoms. The molecule has 0 heterocycles. The summed E-state index contributed by atoms with van der Waals surface area (Å²) in [7, 11) is 0. The molecular weight excluding hydrogens is 236 g/mol. The van der Waals surface area contributed by atoms with E-state index in [1.807, 2.05) is 24.3 Å². The molecule has 1 amide bonds. The molecule has 1 aromatic rings. The minimum absolute atomic E-state index is 0.0322. The number of anilines is 2. The van der Waals surface area contributed by atoms with Gasteiger partial charge in [-0.15, -0.1) is 0 Å². The van der Waals surface area contributed by atoms with Crippen LogP contribution >= 0.6 is 0 Å². The van der Waals surface area contributed by atoms with Crippen LogP contribution in [0.1, 0.15) is 46.5 Å². The van der Waals surface area contributed by atoms with E-state index in [1.54, 1.807) is 0 Å². The Morgan fingerprint density at radius 3 is 2.16 bits per heavy atom. The molecule has 2 N–H and O–H groups in total. The Labute approximate surface area is 115 Å². The molecule has 1 aliphatic rings. The quantitative estimate of drug-likeness (QED) is 0.861. The summed E-state index contributed by atoms with van der Waals surface area (Å²) in [4.78, 5) is 10.9. The van der Waals surface area contributed by atoms with Crippen molar-refractivity contribution in [2.24, 2.45) is 5.41 Å². The Balaban J connectivity index is 1.88.